The van der Waals surface area contributed by atoms with Gasteiger partial charge < -0.3 is 0 Å². The highest BCUT2D eigenvalue weighted by atomic mass is 32.2. The van der Waals surface area contributed by atoms with E-state index in [1.807, 2.05) is 18.2 Å². The van der Waals surface area contributed by atoms with Gasteiger partial charge >= 0.3 is 0 Å². The van der Waals surface area contributed by atoms with Crippen molar-refractivity contribution in [3.05, 3.63) is 47.1 Å². The van der Waals surface area contributed by atoms with Crippen molar-refractivity contribution in [2.24, 2.45) is 0 Å². The third-order valence-corrected chi connectivity index (χ3v) is 9.12. The fraction of sp³-hybridized carbons (Fsp3) is 0.294. The third-order valence-electron chi connectivity index (χ3n) is 4.24. The largest absolute Gasteiger partial charge is 0.228 e. The van der Waals surface area contributed by atoms with Crippen LogP contribution < -0.4 is 0 Å². The number of rotatable bonds is 2. The Balaban J connectivity index is 1.71. The molecule has 23 heavy (non-hydrogen) atoms. The Bertz CT molecular complexity index is 969. The summed E-state index contributed by atoms with van der Waals surface area (Å²) < 4.78 is 38.9. The highest BCUT2D eigenvalue weighted by Gasteiger charge is 2.31. The number of benzene rings is 1. The predicted molar refractivity (Wildman–Crippen MR) is 95.5 cm³/mol. The summed E-state index contributed by atoms with van der Waals surface area (Å²) in [4.78, 5) is 3.06. The highest BCUT2D eigenvalue weighted by Crippen LogP contribution is 2.42. The van der Waals surface area contributed by atoms with Crippen LogP contribution >= 0.6 is 22.7 Å². The Kier molecular flexibility index (Phi) is 3.78. The molecule has 1 aliphatic heterocycles. The van der Waals surface area contributed by atoms with Gasteiger partial charge in [0.05, 0.1) is 11.0 Å². The van der Waals surface area contributed by atoms with Gasteiger partial charge in [-0.05, 0) is 54.6 Å². The standard InChI is InChI=1S/C17H15FO2S3/c18-12-4-5-13-11(9-12)10-16(21-13)14-6-7-15(22-14)17-3-1-2-8-23(17,19)20/h4-7,9-10,17H,1-3,8H2. The maximum atomic E-state index is 13.3. The highest BCUT2D eigenvalue weighted by molar-refractivity contribution is 7.91. The van der Waals surface area contributed by atoms with Gasteiger partial charge in [0.25, 0.3) is 0 Å². The van der Waals surface area contributed by atoms with E-state index in [1.54, 1.807) is 28.7 Å². The number of fused-ring (bicyclic) bond motifs is 1. The van der Waals surface area contributed by atoms with Crippen molar-refractivity contribution in [2.45, 2.75) is 24.5 Å². The van der Waals surface area contributed by atoms with E-state index < -0.39 is 9.84 Å². The molecule has 1 aromatic carbocycles. The second-order valence-electron chi connectivity index (χ2n) is 5.85. The summed E-state index contributed by atoms with van der Waals surface area (Å²) in [5, 5.41) is 0.548. The lowest BCUT2D eigenvalue weighted by molar-refractivity contribution is 0.548. The first-order valence-corrected chi connectivity index (χ1v) is 10.9. The van der Waals surface area contributed by atoms with Crippen LogP contribution in [-0.2, 0) is 9.84 Å². The molecule has 1 aliphatic rings. The SMILES string of the molecule is O=S1(=O)CCCCC1c1ccc(-c2cc3cc(F)ccc3s2)s1. The third kappa shape index (κ3) is 2.84. The molecule has 2 nitrogen and oxygen atoms in total. The van der Waals surface area contributed by atoms with Gasteiger partial charge in [0.1, 0.15) is 5.82 Å². The van der Waals surface area contributed by atoms with Crippen molar-refractivity contribution in [3.63, 3.8) is 0 Å². The normalized spacial score (nSPS) is 20.8. The molecule has 0 N–H and O–H groups in total. The quantitative estimate of drug-likeness (QED) is 0.608. The van der Waals surface area contributed by atoms with Crippen molar-refractivity contribution in [3.8, 4) is 9.75 Å². The fourth-order valence-electron chi connectivity index (χ4n) is 3.07. The van der Waals surface area contributed by atoms with E-state index in [9.17, 15) is 12.8 Å². The predicted octanol–water partition coefficient (Wildman–Crippen LogP) is 5.41. The van der Waals surface area contributed by atoms with Gasteiger partial charge in [0, 0.05) is 19.3 Å². The molecule has 1 unspecified atom stereocenters. The Morgan fingerprint density at radius 1 is 1.00 bits per heavy atom. The molecule has 6 heteroatoms. The Morgan fingerprint density at radius 2 is 1.87 bits per heavy atom. The summed E-state index contributed by atoms with van der Waals surface area (Å²) in [6.45, 7) is 0. The minimum atomic E-state index is -3.01. The molecule has 0 spiro atoms. The lowest BCUT2D eigenvalue weighted by atomic mass is 10.1. The van der Waals surface area contributed by atoms with Crippen molar-refractivity contribution in [1.82, 2.24) is 0 Å². The van der Waals surface area contributed by atoms with E-state index in [0.717, 1.165) is 44.0 Å². The molecule has 4 rings (SSSR count). The van der Waals surface area contributed by atoms with Crippen molar-refractivity contribution in [1.29, 1.82) is 0 Å². The van der Waals surface area contributed by atoms with Crippen LogP contribution in [0.2, 0.25) is 0 Å². The molecule has 0 radical (unpaired) electrons. The van der Waals surface area contributed by atoms with Crippen molar-refractivity contribution >= 4 is 42.6 Å². The topological polar surface area (TPSA) is 34.1 Å². The van der Waals surface area contributed by atoms with Gasteiger partial charge in [-0.1, -0.05) is 6.42 Å². The zero-order valence-electron chi connectivity index (χ0n) is 12.3. The molecule has 3 aromatic rings. The number of hydrogen-bond donors (Lipinski definition) is 0. The second kappa shape index (κ2) is 5.69. The molecule has 3 heterocycles. The second-order valence-corrected chi connectivity index (χ2v) is 10.3. The van der Waals surface area contributed by atoms with E-state index in [-0.39, 0.29) is 11.1 Å². The molecule has 1 atom stereocenters. The summed E-state index contributed by atoms with van der Waals surface area (Å²) in [7, 11) is -3.01. The monoisotopic (exact) mass is 366 g/mol. The van der Waals surface area contributed by atoms with E-state index in [4.69, 9.17) is 0 Å². The summed E-state index contributed by atoms with van der Waals surface area (Å²) >= 11 is 3.16. The first-order chi connectivity index (χ1) is 11.0. The molecule has 0 aliphatic carbocycles. The molecule has 120 valence electrons. The Morgan fingerprint density at radius 3 is 2.70 bits per heavy atom. The number of sulfone groups is 1. The van der Waals surface area contributed by atoms with Crippen LogP contribution in [0.5, 0.6) is 0 Å². The van der Waals surface area contributed by atoms with Gasteiger partial charge in [0.15, 0.2) is 9.84 Å². The minimum Gasteiger partial charge on any atom is -0.228 e. The number of halogens is 1. The first-order valence-electron chi connectivity index (χ1n) is 7.54. The smallest absolute Gasteiger partial charge is 0.158 e. The average Bonchev–Trinajstić information content (AvgIpc) is 3.12. The van der Waals surface area contributed by atoms with E-state index >= 15 is 0 Å². The molecule has 0 amide bonds. The molecule has 1 saturated heterocycles. The summed E-state index contributed by atoms with van der Waals surface area (Å²) in [5.41, 5.74) is 0. The maximum absolute atomic E-state index is 13.3. The molecule has 1 fully saturated rings. The Labute approximate surface area is 142 Å². The zero-order chi connectivity index (χ0) is 16.0. The van der Waals surface area contributed by atoms with Crippen LogP contribution in [0.3, 0.4) is 0 Å². The lowest BCUT2D eigenvalue weighted by Gasteiger charge is -2.20. The van der Waals surface area contributed by atoms with Crippen molar-refractivity contribution in [2.75, 3.05) is 5.75 Å². The Hall–Kier alpha value is -1.24. The van der Waals surface area contributed by atoms with Crippen LogP contribution in [0, 0.1) is 5.82 Å². The average molecular weight is 367 g/mol. The van der Waals surface area contributed by atoms with Gasteiger partial charge in [0.2, 0.25) is 0 Å². The van der Waals surface area contributed by atoms with Crippen LogP contribution in [0.15, 0.2) is 36.4 Å². The molecule has 0 bridgehead atoms. The van der Waals surface area contributed by atoms with E-state index in [1.165, 1.54) is 12.1 Å². The fourth-order valence-corrected chi connectivity index (χ4v) is 7.65. The van der Waals surface area contributed by atoms with Gasteiger partial charge in [-0.2, -0.15) is 0 Å². The number of thiophene rings is 2. The number of hydrogen-bond acceptors (Lipinski definition) is 4. The van der Waals surface area contributed by atoms with Crippen LogP contribution in [0.1, 0.15) is 29.4 Å². The van der Waals surface area contributed by atoms with E-state index in [0.29, 0.717) is 5.75 Å². The first kappa shape index (κ1) is 15.3. The van der Waals surface area contributed by atoms with Crippen LogP contribution in [0.4, 0.5) is 4.39 Å². The zero-order valence-corrected chi connectivity index (χ0v) is 14.7. The minimum absolute atomic E-state index is 0.234. The van der Waals surface area contributed by atoms with Crippen molar-refractivity contribution < 1.29 is 12.8 Å². The van der Waals surface area contributed by atoms with Crippen LogP contribution in [0.25, 0.3) is 19.8 Å². The van der Waals surface area contributed by atoms with Gasteiger partial charge in [-0.3, -0.25) is 0 Å². The van der Waals surface area contributed by atoms with Gasteiger partial charge in [-0.15, -0.1) is 22.7 Å². The molecular weight excluding hydrogens is 351 g/mol. The molecule has 0 saturated carbocycles. The lowest BCUT2D eigenvalue weighted by Crippen LogP contribution is -2.20. The van der Waals surface area contributed by atoms with Gasteiger partial charge in [-0.25, -0.2) is 12.8 Å². The summed E-state index contributed by atoms with van der Waals surface area (Å²) in [6, 6.07) is 10.7. The molecule has 2 aromatic heterocycles. The maximum Gasteiger partial charge on any atom is 0.158 e. The summed E-state index contributed by atoms with van der Waals surface area (Å²) in [6.07, 6.45) is 2.47. The molecular formula is C17H15FO2S3. The summed E-state index contributed by atoms with van der Waals surface area (Å²) in [5.74, 6) is 0.0644. The van der Waals surface area contributed by atoms with E-state index in [2.05, 4.69) is 0 Å². The van der Waals surface area contributed by atoms with Crippen LogP contribution in [-0.4, -0.2) is 14.2 Å².